The van der Waals surface area contributed by atoms with Gasteiger partial charge in [-0.15, -0.1) is 0 Å². The van der Waals surface area contributed by atoms with Crippen LogP contribution in [0.5, 0.6) is 0 Å². The molecule has 6 heteroatoms. The molecule has 2 rings (SSSR count). The quantitative estimate of drug-likeness (QED) is 0.785. The molecule has 1 aliphatic rings. The molecule has 20 heavy (non-hydrogen) atoms. The zero-order valence-corrected chi connectivity index (χ0v) is 13.0. The average Bonchev–Trinajstić information content (AvgIpc) is 2.36. The van der Waals surface area contributed by atoms with Crippen LogP contribution in [-0.2, 0) is 9.05 Å². The number of carbonyl (C=O) groups is 1. The van der Waals surface area contributed by atoms with Gasteiger partial charge in [0.25, 0.3) is 15.0 Å². The van der Waals surface area contributed by atoms with Gasteiger partial charge in [0, 0.05) is 23.8 Å². The number of hydrogen-bond acceptors (Lipinski definition) is 3. The predicted octanol–water partition coefficient (Wildman–Crippen LogP) is 2.88. The highest BCUT2D eigenvalue weighted by molar-refractivity contribution is 8.13. The van der Waals surface area contributed by atoms with Gasteiger partial charge < -0.3 is 4.90 Å². The maximum Gasteiger partial charge on any atom is 0.262 e. The maximum absolute atomic E-state index is 12.5. The van der Waals surface area contributed by atoms with E-state index in [1.165, 1.54) is 18.6 Å². The van der Waals surface area contributed by atoms with Gasteiger partial charge in [0.1, 0.15) is 0 Å². The summed E-state index contributed by atoms with van der Waals surface area (Å²) in [6, 6.07) is 6.10. The van der Waals surface area contributed by atoms with E-state index in [1.54, 1.807) is 17.0 Å². The lowest BCUT2D eigenvalue weighted by Crippen LogP contribution is -2.37. The van der Waals surface area contributed by atoms with Crippen molar-refractivity contribution >= 4 is 25.6 Å². The first-order valence-electron chi connectivity index (χ1n) is 6.76. The molecule has 1 fully saturated rings. The maximum atomic E-state index is 12.5. The van der Waals surface area contributed by atoms with Gasteiger partial charge in [0.15, 0.2) is 0 Å². The summed E-state index contributed by atoms with van der Waals surface area (Å²) in [4.78, 5) is 14.1. The number of nitrogens with zero attached hydrogens (tertiary/aromatic N) is 1. The Bertz CT molecular complexity index is 596. The van der Waals surface area contributed by atoms with Crippen molar-refractivity contribution in [3.63, 3.8) is 0 Å². The fraction of sp³-hybridized carbons (Fsp3) is 0.500. The standard InChI is InChI=1S/C14H18ClNO3S/c1-2-16(10-11-6-5-7-11)14(17)12-8-3-4-9-13(12)20(15,18)19/h3-4,8-9,11H,2,5-7,10H2,1H3. The monoisotopic (exact) mass is 315 g/mol. The van der Waals surface area contributed by atoms with Crippen LogP contribution >= 0.6 is 10.7 Å². The average molecular weight is 316 g/mol. The highest BCUT2D eigenvalue weighted by Gasteiger charge is 2.26. The molecule has 110 valence electrons. The van der Waals surface area contributed by atoms with Crippen LogP contribution in [0.25, 0.3) is 0 Å². The highest BCUT2D eigenvalue weighted by Crippen LogP contribution is 2.28. The number of amides is 1. The van der Waals surface area contributed by atoms with Gasteiger partial charge in [0.2, 0.25) is 0 Å². The van der Waals surface area contributed by atoms with E-state index < -0.39 is 9.05 Å². The molecule has 0 heterocycles. The van der Waals surface area contributed by atoms with Gasteiger partial charge >= 0.3 is 0 Å². The summed E-state index contributed by atoms with van der Waals surface area (Å²) in [7, 11) is 1.49. The van der Waals surface area contributed by atoms with Crippen LogP contribution in [0.15, 0.2) is 29.2 Å². The Morgan fingerprint density at radius 1 is 1.35 bits per heavy atom. The fourth-order valence-corrected chi connectivity index (χ4v) is 3.43. The van der Waals surface area contributed by atoms with E-state index in [-0.39, 0.29) is 16.4 Å². The van der Waals surface area contributed by atoms with E-state index in [1.807, 2.05) is 6.92 Å². The van der Waals surface area contributed by atoms with Crippen molar-refractivity contribution in [1.82, 2.24) is 4.90 Å². The molecule has 4 nitrogen and oxygen atoms in total. The smallest absolute Gasteiger partial charge is 0.262 e. The van der Waals surface area contributed by atoms with Gasteiger partial charge in [-0.25, -0.2) is 8.42 Å². The molecule has 1 aromatic rings. The predicted molar refractivity (Wildman–Crippen MR) is 78.4 cm³/mol. The second-order valence-electron chi connectivity index (χ2n) is 5.07. The molecular weight excluding hydrogens is 298 g/mol. The summed E-state index contributed by atoms with van der Waals surface area (Å²) in [6.45, 7) is 3.15. The Labute approximate surface area is 124 Å². The molecule has 0 saturated heterocycles. The van der Waals surface area contributed by atoms with E-state index in [0.29, 0.717) is 19.0 Å². The van der Waals surface area contributed by atoms with Gasteiger partial charge in [0.05, 0.1) is 10.5 Å². The fourth-order valence-electron chi connectivity index (χ4n) is 2.37. The summed E-state index contributed by atoms with van der Waals surface area (Å²) in [6.07, 6.45) is 3.49. The third-order valence-electron chi connectivity index (χ3n) is 3.75. The molecule has 1 aromatic carbocycles. The third kappa shape index (κ3) is 3.33. The second kappa shape index (κ2) is 6.14. The normalized spacial score (nSPS) is 15.7. The number of hydrogen-bond donors (Lipinski definition) is 0. The van der Waals surface area contributed by atoms with Gasteiger partial charge in [-0.05, 0) is 37.8 Å². The van der Waals surface area contributed by atoms with Crippen LogP contribution < -0.4 is 0 Å². The number of benzene rings is 1. The lowest BCUT2D eigenvalue weighted by molar-refractivity contribution is 0.0702. The minimum atomic E-state index is -3.92. The van der Waals surface area contributed by atoms with E-state index >= 15 is 0 Å². The molecule has 1 saturated carbocycles. The van der Waals surface area contributed by atoms with Crippen LogP contribution in [-0.4, -0.2) is 32.3 Å². The third-order valence-corrected chi connectivity index (χ3v) is 5.13. The van der Waals surface area contributed by atoms with Crippen molar-refractivity contribution < 1.29 is 13.2 Å². The van der Waals surface area contributed by atoms with Crippen molar-refractivity contribution in [3.05, 3.63) is 29.8 Å². The van der Waals surface area contributed by atoms with Gasteiger partial charge in [-0.3, -0.25) is 4.79 Å². The van der Waals surface area contributed by atoms with Crippen LogP contribution in [0, 0.1) is 5.92 Å². The first kappa shape index (κ1) is 15.3. The van der Waals surface area contributed by atoms with Crippen molar-refractivity contribution in [1.29, 1.82) is 0 Å². The number of halogens is 1. The number of rotatable bonds is 5. The first-order chi connectivity index (χ1) is 9.43. The summed E-state index contributed by atoms with van der Waals surface area (Å²) in [5, 5.41) is 0. The Hall–Kier alpha value is -1.07. The van der Waals surface area contributed by atoms with E-state index in [4.69, 9.17) is 10.7 Å². The largest absolute Gasteiger partial charge is 0.339 e. The van der Waals surface area contributed by atoms with Crippen molar-refractivity contribution in [2.24, 2.45) is 5.92 Å². The highest BCUT2D eigenvalue weighted by atomic mass is 35.7. The second-order valence-corrected chi connectivity index (χ2v) is 7.61. The molecule has 0 bridgehead atoms. The SMILES string of the molecule is CCN(CC1CCC1)C(=O)c1ccccc1S(=O)(=O)Cl. The summed E-state index contributed by atoms with van der Waals surface area (Å²) in [5.41, 5.74) is 0.156. The summed E-state index contributed by atoms with van der Waals surface area (Å²) < 4.78 is 23.1. The zero-order chi connectivity index (χ0) is 14.8. The molecule has 0 radical (unpaired) electrons. The Morgan fingerprint density at radius 3 is 2.50 bits per heavy atom. The molecule has 1 amide bonds. The Kier molecular flexibility index (Phi) is 4.70. The van der Waals surface area contributed by atoms with Crippen molar-refractivity contribution in [3.8, 4) is 0 Å². The molecule has 0 aromatic heterocycles. The minimum absolute atomic E-state index is 0.112. The molecule has 0 atom stereocenters. The van der Waals surface area contributed by atoms with Crippen LogP contribution in [0.3, 0.4) is 0 Å². The lowest BCUT2D eigenvalue weighted by Gasteiger charge is -2.32. The molecule has 0 unspecified atom stereocenters. The van der Waals surface area contributed by atoms with E-state index in [9.17, 15) is 13.2 Å². The topological polar surface area (TPSA) is 54.5 Å². The molecule has 0 aliphatic heterocycles. The Morgan fingerprint density at radius 2 is 2.00 bits per heavy atom. The number of carbonyl (C=O) groups excluding carboxylic acids is 1. The minimum Gasteiger partial charge on any atom is -0.339 e. The van der Waals surface area contributed by atoms with Gasteiger partial charge in [-0.2, -0.15) is 0 Å². The van der Waals surface area contributed by atoms with Crippen molar-refractivity contribution in [2.75, 3.05) is 13.1 Å². The van der Waals surface area contributed by atoms with E-state index in [2.05, 4.69) is 0 Å². The van der Waals surface area contributed by atoms with Crippen LogP contribution in [0.2, 0.25) is 0 Å². The molecular formula is C14H18ClNO3S. The summed E-state index contributed by atoms with van der Waals surface area (Å²) in [5.74, 6) is 0.276. The van der Waals surface area contributed by atoms with Crippen LogP contribution in [0.1, 0.15) is 36.5 Å². The van der Waals surface area contributed by atoms with Crippen molar-refractivity contribution in [2.45, 2.75) is 31.1 Å². The lowest BCUT2D eigenvalue weighted by atomic mass is 9.85. The summed E-state index contributed by atoms with van der Waals surface area (Å²) >= 11 is 0. The molecule has 0 spiro atoms. The van der Waals surface area contributed by atoms with Crippen LogP contribution in [0.4, 0.5) is 0 Å². The molecule has 0 N–H and O–H groups in total. The first-order valence-corrected chi connectivity index (χ1v) is 9.07. The van der Waals surface area contributed by atoms with E-state index in [0.717, 1.165) is 12.8 Å². The van der Waals surface area contributed by atoms with Gasteiger partial charge in [-0.1, -0.05) is 18.6 Å². The Balaban J connectivity index is 2.27. The molecule has 1 aliphatic carbocycles. The zero-order valence-electron chi connectivity index (χ0n) is 11.4.